The number of benzene rings is 2. The maximum absolute atomic E-state index is 12.8. The predicted molar refractivity (Wildman–Crippen MR) is 98.7 cm³/mol. The van der Waals surface area contributed by atoms with Crippen molar-refractivity contribution in [2.75, 3.05) is 6.54 Å². The highest BCUT2D eigenvalue weighted by Crippen LogP contribution is 2.37. The van der Waals surface area contributed by atoms with Crippen LogP contribution in [0.1, 0.15) is 17.2 Å². The second-order valence-electron chi connectivity index (χ2n) is 6.01. The van der Waals surface area contributed by atoms with Crippen molar-refractivity contribution in [2.45, 2.75) is 6.04 Å². The van der Waals surface area contributed by atoms with Crippen molar-refractivity contribution in [1.29, 1.82) is 0 Å². The lowest BCUT2D eigenvalue weighted by Crippen LogP contribution is -2.35. The smallest absolute Gasteiger partial charge is 0.323 e. The van der Waals surface area contributed by atoms with Gasteiger partial charge < -0.3 is 15.1 Å². The summed E-state index contributed by atoms with van der Waals surface area (Å²) in [5.41, 5.74) is 1.21. The molecular weight excluding hydrogens is 346 g/mol. The van der Waals surface area contributed by atoms with E-state index >= 15 is 0 Å². The summed E-state index contributed by atoms with van der Waals surface area (Å²) in [6.45, 7) is -0.623. The van der Waals surface area contributed by atoms with Crippen LogP contribution in [0.3, 0.4) is 0 Å². The van der Waals surface area contributed by atoms with Crippen molar-refractivity contribution in [3.8, 4) is 0 Å². The third kappa shape index (κ3) is 3.79. The molecular formula is C21H17NO5. The van der Waals surface area contributed by atoms with Gasteiger partial charge in [0.25, 0.3) is 5.91 Å². The largest absolute Gasteiger partial charge is 0.503 e. The molecule has 0 aliphatic carbocycles. The minimum absolute atomic E-state index is 0.125. The number of carbonyl (C=O) groups excluding carboxylic acids is 2. The molecule has 0 saturated heterocycles. The number of aliphatic hydroxyl groups excluding tert-OH is 1. The average Bonchev–Trinajstić information content (AvgIpc) is 2.92. The number of carboxylic acid groups (broad SMARTS) is 1. The number of aliphatic carboxylic acids is 1. The fourth-order valence-electron chi connectivity index (χ4n) is 3.02. The normalized spacial score (nSPS) is 17.0. The van der Waals surface area contributed by atoms with E-state index in [0.29, 0.717) is 5.56 Å². The van der Waals surface area contributed by atoms with Gasteiger partial charge in [0, 0.05) is 0 Å². The first-order valence-corrected chi connectivity index (χ1v) is 8.27. The van der Waals surface area contributed by atoms with Crippen molar-refractivity contribution in [3.63, 3.8) is 0 Å². The second-order valence-corrected chi connectivity index (χ2v) is 6.01. The Labute approximate surface area is 155 Å². The van der Waals surface area contributed by atoms with Crippen LogP contribution in [0.15, 0.2) is 78.1 Å². The minimum atomic E-state index is -1.23. The van der Waals surface area contributed by atoms with Gasteiger partial charge in [0.1, 0.15) is 6.54 Å². The Morgan fingerprint density at radius 2 is 1.59 bits per heavy atom. The number of ketones is 1. The molecule has 1 amide bonds. The van der Waals surface area contributed by atoms with Crippen LogP contribution < -0.4 is 0 Å². The first-order chi connectivity index (χ1) is 13.0. The Bertz CT molecular complexity index is 932. The molecule has 0 fully saturated rings. The number of hydrogen-bond acceptors (Lipinski definition) is 4. The van der Waals surface area contributed by atoms with Crippen LogP contribution >= 0.6 is 0 Å². The van der Waals surface area contributed by atoms with Crippen LogP contribution in [0.25, 0.3) is 6.08 Å². The molecule has 6 heteroatoms. The highest BCUT2D eigenvalue weighted by molar-refractivity contribution is 6.14. The molecule has 0 spiro atoms. The molecule has 1 aliphatic heterocycles. The van der Waals surface area contributed by atoms with Gasteiger partial charge in [-0.2, -0.15) is 0 Å². The highest BCUT2D eigenvalue weighted by Gasteiger charge is 2.43. The van der Waals surface area contributed by atoms with E-state index in [0.717, 1.165) is 10.5 Å². The lowest BCUT2D eigenvalue weighted by Gasteiger charge is -2.24. The molecule has 3 rings (SSSR count). The lowest BCUT2D eigenvalue weighted by molar-refractivity contribution is -0.144. The Balaban J connectivity index is 1.99. The van der Waals surface area contributed by atoms with E-state index in [9.17, 15) is 19.5 Å². The number of carboxylic acids is 1. The van der Waals surface area contributed by atoms with E-state index in [2.05, 4.69) is 0 Å². The number of nitrogens with zero attached hydrogens (tertiary/aromatic N) is 1. The van der Waals surface area contributed by atoms with E-state index in [1.807, 2.05) is 30.3 Å². The van der Waals surface area contributed by atoms with Crippen LogP contribution in [-0.2, 0) is 14.4 Å². The Morgan fingerprint density at radius 3 is 2.19 bits per heavy atom. The summed E-state index contributed by atoms with van der Waals surface area (Å²) in [6, 6.07) is 16.7. The molecule has 0 radical (unpaired) electrons. The van der Waals surface area contributed by atoms with Crippen LogP contribution in [0.5, 0.6) is 0 Å². The van der Waals surface area contributed by atoms with E-state index in [1.54, 1.807) is 36.4 Å². The molecule has 0 unspecified atom stereocenters. The number of hydrogen-bond donors (Lipinski definition) is 2. The number of carbonyl (C=O) groups is 3. The summed E-state index contributed by atoms with van der Waals surface area (Å²) in [5.74, 6) is -3.37. The minimum Gasteiger partial charge on any atom is -0.503 e. The molecule has 1 aliphatic rings. The SMILES string of the molecule is O=C(O)CN1C(=O)C(O)=C(C(=O)/C=C/c2ccccc2)[C@H]1c1ccccc1. The topological polar surface area (TPSA) is 94.9 Å². The average molecular weight is 363 g/mol. The molecule has 0 saturated carbocycles. The maximum atomic E-state index is 12.8. The molecule has 1 heterocycles. The zero-order valence-electron chi connectivity index (χ0n) is 14.3. The standard InChI is InChI=1S/C21H17NO5/c23-16(12-11-14-7-3-1-4-8-14)18-19(15-9-5-2-6-10-15)22(13-17(24)25)21(27)20(18)26/h1-12,19,26H,13H2,(H,24,25)/b12-11+/t19-/m1/s1. The molecule has 2 aromatic carbocycles. The zero-order valence-corrected chi connectivity index (χ0v) is 14.3. The Morgan fingerprint density at radius 1 is 1.00 bits per heavy atom. The molecule has 1 atom stereocenters. The van der Waals surface area contributed by atoms with Crippen LogP contribution in [0, 0.1) is 0 Å². The van der Waals surface area contributed by atoms with E-state index in [4.69, 9.17) is 5.11 Å². The van der Waals surface area contributed by atoms with Crippen molar-refractivity contribution in [2.24, 2.45) is 0 Å². The van der Waals surface area contributed by atoms with Gasteiger partial charge in [0.15, 0.2) is 11.5 Å². The summed E-state index contributed by atoms with van der Waals surface area (Å²) in [4.78, 5) is 37.3. The molecule has 2 aromatic rings. The fourth-order valence-corrected chi connectivity index (χ4v) is 3.02. The number of aliphatic hydroxyl groups is 1. The van der Waals surface area contributed by atoms with Gasteiger partial charge in [0.05, 0.1) is 11.6 Å². The highest BCUT2D eigenvalue weighted by atomic mass is 16.4. The van der Waals surface area contributed by atoms with Gasteiger partial charge >= 0.3 is 5.97 Å². The van der Waals surface area contributed by atoms with E-state index in [1.165, 1.54) is 6.08 Å². The molecule has 0 bridgehead atoms. The lowest BCUT2D eigenvalue weighted by atomic mass is 9.95. The predicted octanol–water partition coefficient (Wildman–Crippen LogP) is 2.75. The molecule has 136 valence electrons. The van der Waals surface area contributed by atoms with Crippen molar-refractivity contribution in [1.82, 2.24) is 4.90 Å². The maximum Gasteiger partial charge on any atom is 0.323 e. The Hall–Kier alpha value is -3.67. The van der Waals surface area contributed by atoms with Gasteiger partial charge in [0.2, 0.25) is 0 Å². The summed E-state index contributed by atoms with van der Waals surface area (Å²) < 4.78 is 0. The molecule has 0 aromatic heterocycles. The van der Waals surface area contributed by atoms with Crippen molar-refractivity contribution in [3.05, 3.63) is 89.2 Å². The first kappa shape index (κ1) is 18.1. The van der Waals surface area contributed by atoms with Crippen LogP contribution in [0.4, 0.5) is 0 Å². The third-order valence-electron chi connectivity index (χ3n) is 4.22. The summed E-state index contributed by atoms with van der Waals surface area (Å²) in [5, 5.41) is 19.4. The second kappa shape index (κ2) is 7.70. The van der Waals surface area contributed by atoms with Gasteiger partial charge in [-0.15, -0.1) is 0 Å². The molecule has 6 nitrogen and oxygen atoms in total. The summed E-state index contributed by atoms with van der Waals surface area (Å²) in [6.07, 6.45) is 2.85. The summed E-state index contributed by atoms with van der Waals surface area (Å²) >= 11 is 0. The van der Waals surface area contributed by atoms with Crippen molar-refractivity contribution >= 4 is 23.7 Å². The third-order valence-corrected chi connectivity index (χ3v) is 4.22. The van der Waals surface area contributed by atoms with Gasteiger partial charge in [-0.05, 0) is 17.2 Å². The van der Waals surface area contributed by atoms with Gasteiger partial charge in [-0.3, -0.25) is 14.4 Å². The molecule has 2 N–H and O–H groups in total. The zero-order chi connectivity index (χ0) is 19.4. The number of rotatable bonds is 6. The van der Waals surface area contributed by atoms with Gasteiger partial charge in [-0.25, -0.2) is 0 Å². The van der Waals surface area contributed by atoms with Crippen LogP contribution in [-0.4, -0.2) is 39.3 Å². The Kier molecular flexibility index (Phi) is 5.17. The fraction of sp³-hybridized carbons (Fsp3) is 0.0952. The van der Waals surface area contributed by atoms with Crippen LogP contribution in [0.2, 0.25) is 0 Å². The van der Waals surface area contributed by atoms with E-state index < -0.39 is 36.0 Å². The molecule has 27 heavy (non-hydrogen) atoms. The van der Waals surface area contributed by atoms with Crippen molar-refractivity contribution < 1.29 is 24.6 Å². The monoisotopic (exact) mass is 363 g/mol. The quantitative estimate of drug-likeness (QED) is 0.770. The summed E-state index contributed by atoms with van der Waals surface area (Å²) in [7, 11) is 0. The first-order valence-electron chi connectivity index (χ1n) is 8.27. The van der Waals surface area contributed by atoms with E-state index in [-0.39, 0.29) is 5.57 Å². The number of amides is 1. The van der Waals surface area contributed by atoms with Gasteiger partial charge in [-0.1, -0.05) is 66.7 Å². The number of allylic oxidation sites excluding steroid dienone is 1.